The van der Waals surface area contributed by atoms with E-state index in [1.807, 2.05) is 85.2 Å². The minimum atomic E-state index is -0.530. The summed E-state index contributed by atoms with van der Waals surface area (Å²) in [6, 6.07) is 22.7. The zero-order valence-electron chi connectivity index (χ0n) is 20.0. The lowest BCUT2D eigenvalue weighted by atomic mass is 10.1. The summed E-state index contributed by atoms with van der Waals surface area (Å²) in [4.78, 5) is 29.1. The number of hydrogen-bond donors (Lipinski definition) is 0. The number of aliphatic imine (C=N–C) groups is 1. The van der Waals surface area contributed by atoms with Crippen molar-refractivity contribution in [2.75, 3.05) is 6.61 Å². The van der Waals surface area contributed by atoms with Crippen LogP contribution in [-0.2, 0) is 25.6 Å². The standard InChI is InChI=1S/C28H23N4O4.BrH/c1-2-35-25(33)19-31-15-9-12-21(17-31)26-22(18-32(30-26)23-13-7-4-8-14-23)16-24-28(34)36-27(29-24)20-10-5-3-6-11-20;/h3-18H,2,19H2,1H3;1H/q+1;/p-1/b24-16+;. The fourth-order valence-electron chi connectivity index (χ4n) is 3.81. The fraction of sp³-hybridized carbons (Fsp3) is 0.107. The van der Waals surface area contributed by atoms with Gasteiger partial charge in [0.15, 0.2) is 18.1 Å². The number of carbonyl (C=O) groups excluding carboxylic acids is 2. The third-order valence-corrected chi connectivity index (χ3v) is 5.45. The molecule has 0 spiro atoms. The Morgan fingerprint density at radius 3 is 2.46 bits per heavy atom. The van der Waals surface area contributed by atoms with Gasteiger partial charge in [0.2, 0.25) is 12.4 Å². The van der Waals surface area contributed by atoms with Crippen LogP contribution in [0.5, 0.6) is 0 Å². The predicted octanol–water partition coefficient (Wildman–Crippen LogP) is 0.738. The third-order valence-electron chi connectivity index (χ3n) is 5.45. The van der Waals surface area contributed by atoms with Gasteiger partial charge < -0.3 is 26.5 Å². The second-order valence-electron chi connectivity index (χ2n) is 7.99. The van der Waals surface area contributed by atoms with Crippen LogP contribution in [0.3, 0.4) is 0 Å². The molecule has 0 N–H and O–H groups in total. The molecule has 4 aromatic rings. The summed E-state index contributed by atoms with van der Waals surface area (Å²) in [7, 11) is 0. The Bertz CT molecular complexity index is 1480. The van der Waals surface area contributed by atoms with E-state index in [1.165, 1.54) is 0 Å². The van der Waals surface area contributed by atoms with Crippen LogP contribution in [0.25, 0.3) is 23.0 Å². The fourth-order valence-corrected chi connectivity index (χ4v) is 3.81. The molecule has 2 aromatic heterocycles. The molecule has 0 unspecified atom stereocenters. The Morgan fingerprint density at radius 1 is 1.03 bits per heavy atom. The Hall–Kier alpha value is -4.37. The lowest BCUT2D eigenvalue weighted by Crippen LogP contribution is -3.00. The van der Waals surface area contributed by atoms with Gasteiger partial charge in [0.25, 0.3) is 0 Å². The van der Waals surface area contributed by atoms with E-state index in [1.54, 1.807) is 28.4 Å². The molecule has 1 aliphatic rings. The maximum Gasteiger partial charge on any atom is 0.372 e. The number of pyridine rings is 1. The molecule has 0 saturated heterocycles. The third kappa shape index (κ3) is 5.90. The number of para-hydroxylation sites is 1. The highest BCUT2D eigenvalue weighted by Crippen LogP contribution is 2.27. The van der Waals surface area contributed by atoms with Crippen LogP contribution in [0.2, 0.25) is 0 Å². The molecule has 0 saturated carbocycles. The molecule has 186 valence electrons. The van der Waals surface area contributed by atoms with Gasteiger partial charge in [-0.2, -0.15) is 9.67 Å². The largest absolute Gasteiger partial charge is 1.00 e. The van der Waals surface area contributed by atoms with Gasteiger partial charge in [-0.15, -0.1) is 0 Å². The van der Waals surface area contributed by atoms with E-state index in [-0.39, 0.29) is 41.1 Å². The number of cyclic esters (lactones) is 1. The highest BCUT2D eigenvalue weighted by molar-refractivity contribution is 6.13. The Kier molecular flexibility index (Phi) is 8.05. The van der Waals surface area contributed by atoms with E-state index in [0.29, 0.717) is 17.9 Å². The summed E-state index contributed by atoms with van der Waals surface area (Å²) in [5.74, 6) is -0.596. The van der Waals surface area contributed by atoms with Gasteiger partial charge >= 0.3 is 11.9 Å². The van der Waals surface area contributed by atoms with Crippen molar-refractivity contribution < 1.29 is 40.6 Å². The Morgan fingerprint density at radius 2 is 1.73 bits per heavy atom. The molecule has 9 heteroatoms. The first-order valence-corrected chi connectivity index (χ1v) is 11.5. The van der Waals surface area contributed by atoms with E-state index in [0.717, 1.165) is 16.8 Å². The number of rotatable bonds is 7. The average molecular weight is 559 g/mol. The van der Waals surface area contributed by atoms with Gasteiger partial charge in [-0.1, -0.05) is 36.4 Å². The second kappa shape index (κ2) is 11.6. The first kappa shape index (κ1) is 25.7. The van der Waals surface area contributed by atoms with Crippen LogP contribution in [0.4, 0.5) is 0 Å². The first-order valence-electron chi connectivity index (χ1n) is 11.5. The molecule has 0 fully saturated rings. The van der Waals surface area contributed by atoms with Gasteiger partial charge in [-0.05, 0) is 43.3 Å². The summed E-state index contributed by atoms with van der Waals surface area (Å²) in [6.07, 6.45) is 7.12. The van der Waals surface area contributed by atoms with Crippen LogP contribution in [0.15, 0.2) is 102 Å². The number of nitrogens with zero attached hydrogens (tertiary/aromatic N) is 4. The molecule has 0 amide bonds. The SMILES string of the molecule is CCOC(=O)C[n+]1cccc(-c2nn(-c3ccccc3)cc2/C=C2/N=C(c3ccccc3)OC2=O)c1.[Br-]. The molecule has 8 nitrogen and oxygen atoms in total. The van der Waals surface area contributed by atoms with Crippen LogP contribution >= 0.6 is 0 Å². The number of ether oxygens (including phenoxy) is 2. The highest BCUT2D eigenvalue weighted by atomic mass is 79.9. The molecule has 0 atom stereocenters. The molecule has 2 aromatic carbocycles. The summed E-state index contributed by atoms with van der Waals surface area (Å²) in [5.41, 5.74) is 3.83. The van der Waals surface area contributed by atoms with E-state index >= 15 is 0 Å². The molecule has 1 aliphatic heterocycles. The monoisotopic (exact) mass is 558 g/mol. The molecule has 0 radical (unpaired) electrons. The zero-order valence-corrected chi connectivity index (χ0v) is 21.5. The molecule has 0 bridgehead atoms. The zero-order chi connectivity index (χ0) is 24.9. The quantitative estimate of drug-likeness (QED) is 0.190. The van der Waals surface area contributed by atoms with Gasteiger partial charge in [0.1, 0.15) is 5.69 Å². The van der Waals surface area contributed by atoms with Crippen LogP contribution in [-0.4, -0.2) is 34.2 Å². The molecular formula is C28H23BrN4O4. The number of halogens is 1. The molecule has 37 heavy (non-hydrogen) atoms. The summed E-state index contributed by atoms with van der Waals surface area (Å²) in [6.45, 7) is 2.17. The number of benzene rings is 2. The van der Waals surface area contributed by atoms with Crippen molar-refractivity contribution in [1.29, 1.82) is 0 Å². The van der Waals surface area contributed by atoms with E-state index in [4.69, 9.17) is 14.6 Å². The van der Waals surface area contributed by atoms with Crippen molar-refractivity contribution in [3.05, 3.63) is 108 Å². The van der Waals surface area contributed by atoms with Gasteiger partial charge in [0, 0.05) is 23.4 Å². The minimum absolute atomic E-state index is 0. The Balaban J connectivity index is 0.00000320. The van der Waals surface area contributed by atoms with Crippen LogP contribution < -0.4 is 21.5 Å². The predicted molar refractivity (Wildman–Crippen MR) is 133 cm³/mol. The van der Waals surface area contributed by atoms with Crippen molar-refractivity contribution >= 4 is 23.9 Å². The number of aromatic nitrogens is 3. The molecule has 0 aliphatic carbocycles. The highest BCUT2D eigenvalue weighted by Gasteiger charge is 2.25. The number of hydrogen-bond acceptors (Lipinski definition) is 6. The van der Waals surface area contributed by atoms with E-state index < -0.39 is 5.97 Å². The van der Waals surface area contributed by atoms with Crippen LogP contribution in [0, 0.1) is 0 Å². The van der Waals surface area contributed by atoms with Crippen molar-refractivity contribution in [3.63, 3.8) is 0 Å². The smallest absolute Gasteiger partial charge is 0.372 e. The van der Waals surface area contributed by atoms with E-state index in [2.05, 4.69) is 4.99 Å². The van der Waals surface area contributed by atoms with E-state index in [9.17, 15) is 9.59 Å². The normalized spacial score (nSPS) is 13.6. The molecular weight excluding hydrogens is 536 g/mol. The number of esters is 2. The van der Waals surface area contributed by atoms with Crippen molar-refractivity contribution in [3.8, 4) is 16.9 Å². The second-order valence-corrected chi connectivity index (χ2v) is 7.99. The average Bonchev–Trinajstić information content (AvgIpc) is 3.49. The summed E-state index contributed by atoms with van der Waals surface area (Å²) in [5, 5.41) is 4.79. The van der Waals surface area contributed by atoms with Crippen molar-refractivity contribution in [1.82, 2.24) is 9.78 Å². The van der Waals surface area contributed by atoms with Crippen molar-refractivity contribution in [2.24, 2.45) is 4.99 Å². The first-order chi connectivity index (χ1) is 17.6. The van der Waals surface area contributed by atoms with Gasteiger partial charge in [-0.3, -0.25) is 0 Å². The number of carbonyl (C=O) groups is 2. The minimum Gasteiger partial charge on any atom is -1.00 e. The topological polar surface area (TPSA) is 86.7 Å². The summed E-state index contributed by atoms with van der Waals surface area (Å²) >= 11 is 0. The van der Waals surface area contributed by atoms with Crippen molar-refractivity contribution in [2.45, 2.75) is 13.5 Å². The molecule has 3 heterocycles. The lowest BCUT2D eigenvalue weighted by molar-refractivity contribution is -0.685. The lowest BCUT2D eigenvalue weighted by Gasteiger charge is -2.01. The van der Waals surface area contributed by atoms with Gasteiger partial charge in [-0.25, -0.2) is 19.3 Å². The maximum absolute atomic E-state index is 12.6. The Labute approximate surface area is 224 Å². The van der Waals surface area contributed by atoms with Crippen LogP contribution in [0.1, 0.15) is 18.1 Å². The summed E-state index contributed by atoms with van der Waals surface area (Å²) < 4.78 is 14.0. The molecule has 5 rings (SSSR count). The maximum atomic E-state index is 12.6. The van der Waals surface area contributed by atoms with Gasteiger partial charge in [0.05, 0.1) is 17.9 Å².